The van der Waals surface area contributed by atoms with Gasteiger partial charge in [0, 0.05) is 18.2 Å². The number of thioether (sulfide) groups is 1. The van der Waals surface area contributed by atoms with E-state index in [4.69, 9.17) is 4.74 Å². The highest BCUT2D eigenvalue weighted by Gasteiger charge is 2.42. The smallest absolute Gasteiger partial charge is 0.230 e. The normalized spacial score (nSPS) is 23.3. The first-order chi connectivity index (χ1) is 14.6. The van der Waals surface area contributed by atoms with Crippen LogP contribution in [0, 0.1) is 17.8 Å². The average Bonchev–Trinajstić information content (AvgIpc) is 3.49. The Kier molecular flexibility index (Phi) is 6.46. The van der Waals surface area contributed by atoms with Gasteiger partial charge in [-0.15, -0.1) is 16.8 Å². The van der Waals surface area contributed by atoms with Crippen LogP contribution < -0.4 is 10.1 Å². The highest BCUT2D eigenvalue weighted by Crippen LogP contribution is 2.49. The molecular weight excluding hydrogens is 396 g/mol. The third kappa shape index (κ3) is 4.41. The van der Waals surface area contributed by atoms with Crippen LogP contribution in [-0.2, 0) is 11.3 Å². The van der Waals surface area contributed by atoms with Crippen molar-refractivity contribution in [3.8, 4) is 17.1 Å². The molecule has 2 aliphatic rings. The van der Waals surface area contributed by atoms with Crippen LogP contribution >= 0.6 is 11.8 Å². The van der Waals surface area contributed by atoms with E-state index < -0.39 is 0 Å². The van der Waals surface area contributed by atoms with Crippen LogP contribution in [0.25, 0.3) is 11.4 Å². The minimum absolute atomic E-state index is 0.0643. The molecule has 2 fully saturated rings. The maximum atomic E-state index is 12.6. The number of methoxy groups -OCH3 is 1. The minimum Gasteiger partial charge on any atom is -0.497 e. The second kappa shape index (κ2) is 9.25. The molecule has 2 saturated carbocycles. The zero-order valence-corrected chi connectivity index (χ0v) is 18.5. The molecule has 4 unspecified atom stereocenters. The van der Waals surface area contributed by atoms with Gasteiger partial charge in [-0.1, -0.05) is 24.3 Å². The Balaban J connectivity index is 1.38. The Bertz CT molecular complexity index is 895. The maximum Gasteiger partial charge on any atom is 0.230 e. The van der Waals surface area contributed by atoms with E-state index >= 15 is 0 Å². The van der Waals surface area contributed by atoms with Crippen molar-refractivity contribution >= 4 is 17.7 Å². The summed E-state index contributed by atoms with van der Waals surface area (Å²) in [6.45, 7) is 6.60. The summed E-state index contributed by atoms with van der Waals surface area (Å²) in [6.07, 6.45) is 7.17. The fourth-order valence-electron chi connectivity index (χ4n) is 5.08. The van der Waals surface area contributed by atoms with Gasteiger partial charge in [-0.25, -0.2) is 0 Å². The molecule has 1 amide bonds. The Morgan fingerprint density at radius 1 is 1.33 bits per heavy atom. The first-order valence-corrected chi connectivity index (χ1v) is 11.7. The van der Waals surface area contributed by atoms with Gasteiger partial charge in [0.25, 0.3) is 0 Å². The molecule has 0 aliphatic heterocycles. The van der Waals surface area contributed by atoms with Crippen LogP contribution in [0.15, 0.2) is 42.1 Å². The van der Waals surface area contributed by atoms with Gasteiger partial charge in [-0.3, -0.25) is 9.36 Å². The Morgan fingerprint density at radius 3 is 2.77 bits per heavy atom. The van der Waals surface area contributed by atoms with Gasteiger partial charge in [0.2, 0.25) is 5.91 Å². The predicted octanol–water partition coefficient (Wildman–Crippen LogP) is 4.17. The number of nitrogens with zero attached hydrogens (tertiary/aromatic N) is 3. The van der Waals surface area contributed by atoms with Gasteiger partial charge in [0.1, 0.15) is 5.75 Å². The number of fused-ring (bicyclic) bond motifs is 2. The van der Waals surface area contributed by atoms with Crippen molar-refractivity contribution in [2.45, 2.75) is 50.4 Å². The SMILES string of the molecule is C=CCn1c(SCC(=O)NC(C)C2CC3CCC2C3)nnc1-c1ccc(OC)cc1. The van der Waals surface area contributed by atoms with E-state index in [0.717, 1.165) is 34.1 Å². The third-order valence-corrected chi connectivity index (χ3v) is 7.50. The molecule has 1 aromatic heterocycles. The van der Waals surface area contributed by atoms with E-state index in [9.17, 15) is 4.79 Å². The molecule has 4 rings (SSSR count). The summed E-state index contributed by atoms with van der Waals surface area (Å²) in [6, 6.07) is 7.97. The number of carbonyl (C=O) groups excluding carboxylic acids is 1. The van der Waals surface area contributed by atoms with E-state index in [0.29, 0.717) is 18.2 Å². The van der Waals surface area contributed by atoms with E-state index in [2.05, 4.69) is 29.0 Å². The molecule has 7 heteroatoms. The number of nitrogens with one attached hydrogen (secondary N) is 1. The number of allylic oxidation sites excluding steroid dienone is 1. The number of amides is 1. The molecule has 2 aromatic rings. The summed E-state index contributed by atoms with van der Waals surface area (Å²) in [5, 5.41) is 12.6. The van der Waals surface area contributed by atoms with Crippen molar-refractivity contribution in [1.29, 1.82) is 0 Å². The second-order valence-electron chi connectivity index (χ2n) is 8.42. The van der Waals surface area contributed by atoms with Gasteiger partial charge in [-0.05, 0) is 68.2 Å². The first kappa shape index (κ1) is 21.0. The lowest BCUT2D eigenvalue weighted by atomic mass is 9.84. The molecular formula is C23H30N4O2S. The molecule has 2 bridgehead atoms. The van der Waals surface area contributed by atoms with Crippen LogP contribution in [0.5, 0.6) is 5.75 Å². The second-order valence-corrected chi connectivity index (χ2v) is 9.36. The predicted molar refractivity (Wildman–Crippen MR) is 119 cm³/mol. The van der Waals surface area contributed by atoms with Crippen molar-refractivity contribution < 1.29 is 9.53 Å². The Hall–Kier alpha value is -2.28. The van der Waals surface area contributed by atoms with Crippen LogP contribution in [-0.4, -0.2) is 39.6 Å². The van der Waals surface area contributed by atoms with Gasteiger partial charge >= 0.3 is 0 Å². The number of ether oxygens (including phenoxy) is 1. The zero-order valence-electron chi connectivity index (χ0n) is 17.7. The molecule has 1 heterocycles. The molecule has 1 aromatic carbocycles. The molecule has 160 valence electrons. The molecule has 1 N–H and O–H groups in total. The van der Waals surface area contributed by atoms with Crippen molar-refractivity contribution in [3.63, 3.8) is 0 Å². The number of benzene rings is 1. The van der Waals surface area contributed by atoms with Crippen LogP contribution in [0.4, 0.5) is 0 Å². The third-order valence-electron chi connectivity index (χ3n) is 6.53. The highest BCUT2D eigenvalue weighted by atomic mass is 32.2. The largest absolute Gasteiger partial charge is 0.497 e. The van der Waals surface area contributed by atoms with E-state index in [1.165, 1.54) is 37.4 Å². The lowest BCUT2D eigenvalue weighted by molar-refractivity contribution is -0.119. The van der Waals surface area contributed by atoms with E-state index in [1.54, 1.807) is 7.11 Å². The molecule has 2 aliphatic carbocycles. The van der Waals surface area contributed by atoms with Crippen molar-refractivity contribution in [2.24, 2.45) is 17.8 Å². The molecule has 4 atom stereocenters. The number of hydrogen-bond acceptors (Lipinski definition) is 5. The fourth-order valence-corrected chi connectivity index (χ4v) is 5.84. The van der Waals surface area contributed by atoms with Gasteiger partial charge in [-0.2, -0.15) is 0 Å². The lowest BCUT2D eigenvalue weighted by Crippen LogP contribution is -2.40. The summed E-state index contributed by atoms with van der Waals surface area (Å²) in [4.78, 5) is 12.6. The van der Waals surface area contributed by atoms with Gasteiger partial charge < -0.3 is 10.1 Å². The fraction of sp³-hybridized carbons (Fsp3) is 0.522. The van der Waals surface area contributed by atoms with Crippen LogP contribution in [0.3, 0.4) is 0 Å². The maximum absolute atomic E-state index is 12.6. The summed E-state index contributed by atoms with van der Waals surface area (Å²) in [5.41, 5.74) is 0.950. The minimum atomic E-state index is 0.0643. The van der Waals surface area contributed by atoms with Crippen molar-refractivity contribution in [2.75, 3.05) is 12.9 Å². The number of aromatic nitrogens is 3. The Labute approximate surface area is 182 Å². The summed E-state index contributed by atoms with van der Waals surface area (Å²) < 4.78 is 7.22. The van der Waals surface area contributed by atoms with E-state index in [-0.39, 0.29) is 11.9 Å². The monoisotopic (exact) mass is 426 g/mol. The van der Waals surface area contributed by atoms with Crippen molar-refractivity contribution in [1.82, 2.24) is 20.1 Å². The average molecular weight is 427 g/mol. The number of rotatable bonds is 9. The Morgan fingerprint density at radius 2 is 2.13 bits per heavy atom. The zero-order chi connectivity index (χ0) is 21.1. The summed E-state index contributed by atoms with van der Waals surface area (Å²) in [5.74, 6) is 4.30. The number of hydrogen-bond donors (Lipinski definition) is 1. The lowest BCUT2D eigenvalue weighted by Gasteiger charge is -2.28. The molecule has 0 saturated heterocycles. The quantitative estimate of drug-likeness (QED) is 0.481. The van der Waals surface area contributed by atoms with Gasteiger partial charge in [0.15, 0.2) is 11.0 Å². The topological polar surface area (TPSA) is 69.0 Å². The molecule has 0 radical (unpaired) electrons. The molecule has 6 nitrogen and oxygen atoms in total. The summed E-state index contributed by atoms with van der Waals surface area (Å²) >= 11 is 1.42. The van der Waals surface area contributed by atoms with Crippen molar-refractivity contribution in [3.05, 3.63) is 36.9 Å². The van der Waals surface area contributed by atoms with Gasteiger partial charge in [0.05, 0.1) is 12.9 Å². The van der Waals surface area contributed by atoms with Crippen LogP contribution in [0.1, 0.15) is 32.6 Å². The highest BCUT2D eigenvalue weighted by molar-refractivity contribution is 7.99. The molecule has 30 heavy (non-hydrogen) atoms. The number of carbonyl (C=O) groups is 1. The van der Waals surface area contributed by atoms with Crippen LogP contribution in [0.2, 0.25) is 0 Å². The summed E-state index contributed by atoms with van der Waals surface area (Å²) in [7, 11) is 1.65. The molecule has 0 spiro atoms. The van der Waals surface area contributed by atoms with E-state index in [1.807, 2.05) is 34.9 Å². The first-order valence-electron chi connectivity index (χ1n) is 10.7. The standard InChI is InChI=1S/C23H30N4O2S/c1-4-11-27-22(17-7-9-19(29-3)10-8-17)25-26-23(27)30-14-21(28)24-15(2)20-13-16-5-6-18(20)12-16/h4,7-10,15-16,18,20H,1,5-6,11-14H2,2-3H3,(H,24,28).